The number of hydrazine groups is 1. The molecule has 2 aromatic heterocycles. The molecule has 7 nitrogen and oxygen atoms in total. The molecule has 3 heterocycles. The molecular weight excluding hydrogens is 326 g/mol. The van der Waals surface area contributed by atoms with Crippen LogP contribution in [0.4, 0.5) is 5.69 Å². The number of nitrogens with two attached hydrogens (primary N) is 1. The molecule has 3 aromatic rings. The third-order valence-electron chi connectivity index (χ3n) is 4.02. The number of rotatable bonds is 4. The van der Waals surface area contributed by atoms with E-state index in [2.05, 4.69) is 32.6 Å². The van der Waals surface area contributed by atoms with Crippen LogP contribution in [0.5, 0.6) is 0 Å². The minimum Gasteiger partial charge on any atom is -0.396 e. The Labute approximate surface area is 151 Å². The van der Waals surface area contributed by atoms with Crippen molar-refractivity contribution in [3.8, 4) is 11.4 Å². The minimum absolute atomic E-state index is 0.558. The number of aromatic nitrogens is 4. The van der Waals surface area contributed by atoms with E-state index in [-0.39, 0.29) is 0 Å². The van der Waals surface area contributed by atoms with Gasteiger partial charge in [-0.25, -0.2) is 9.97 Å². The summed E-state index contributed by atoms with van der Waals surface area (Å²) >= 11 is 0. The van der Waals surface area contributed by atoms with Crippen LogP contribution < -0.4 is 11.2 Å². The van der Waals surface area contributed by atoms with Crippen LogP contribution in [-0.2, 0) is 13.6 Å². The van der Waals surface area contributed by atoms with Crippen LogP contribution in [0.25, 0.3) is 17.1 Å². The Morgan fingerprint density at radius 1 is 1.12 bits per heavy atom. The number of hydrogen-bond acceptors (Lipinski definition) is 6. The van der Waals surface area contributed by atoms with Crippen molar-refractivity contribution < 1.29 is 0 Å². The van der Waals surface area contributed by atoms with Gasteiger partial charge in [-0.2, -0.15) is 5.10 Å². The van der Waals surface area contributed by atoms with Gasteiger partial charge in [0, 0.05) is 30.6 Å². The van der Waals surface area contributed by atoms with Crippen LogP contribution in [-0.4, -0.2) is 24.8 Å². The van der Waals surface area contributed by atoms with Crippen molar-refractivity contribution >= 4 is 11.4 Å². The van der Waals surface area contributed by atoms with E-state index in [9.17, 15) is 0 Å². The molecule has 1 aromatic carbocycles. The van der Waals surface area contributed by atoms with E-state index in [1.54, 1.807) is 17.1 Å². The van der Waals surface area contributed by atoms with E-state index in [0.29, 0.717) is 18.1 Å². The Kier molecular flexibility index (Phi) is 4.10. The zero-order chi connectivity index (χ0) is 17.9. The van der Waals surface area contributed by atoms with Crippen LogP contribution in [0.2, 0.25) is 0 Å². The molecular formula is C19H19N7. The number of benzene rings is 1. The maximum Gasteiger partial charge on any atom is 0.159 e. The predicted molar refractivity (Wildman–Crippen MR) is 101 cm³/mol. The Balaban J connectivity index is 1.49. The van der Waals surface area contributed by atoms with E-state index in [1.165, 1.54) is 0 Å². The van der Waals surface area contributed by atoms with Gasteiger partial charge in [0.05, 0.1) is 36.5 Å². The van der Waals surface area contributed by atoms with E-state index in [0.717, 1.165) is 22.4 Å². The molecule has 0 saturated carbocycles. The zero-order valence-electron chi connectivity index (χ0n) is 14.4. The molecule has 0 atom stereocenters. The van der Waals surface area contributed by atoms with Gasteiger partial charge in [0.25, 0.3) is 0 Å². The second-order valence-electron chi connectivity index (χ2n) is 6.10. The summed E-state index contributed by atoms with van der Waals surface area (Å²) in [6.45, 7) is 0.705. The fourth-order valence-electron chi connectivity index (χ4n) is 2.78. The first-order chi connectivity index (χ1) is 12.7. The van der Waals surface area contributed by atoms with Crippen LogP contribution in [0.3, 0.4) is 0 Å². The number of allylic oxidation sites excluding steroid dienone is 2. The lowest BCUT2D eigenvalue weighted by Crippen LogP contribution is -2.33. The molecule has 1 aliphatic heterocycles. The summed E-state index contributed by atoms with van der Waals surface area (Å²) in [6, 6.07) is 8.17. The fraction of sp³-hybridized carbons (Fsp3) is 0.105. The summed E-state index contributed by atoms with van der Waals surface area (Å²) in [5.41, 5.74) is 13.8. The average Bonchev–Trinajstić information content (AvgIpc) is 3.09. The van der Waals surface area contributed by atoms with Gasteiger partial charge in [-0.1, -0.05) is 18.2 Å². The highest BCUT2D eigenvalue weighted by atomic mass is 15.5. The largest absolute Gasteiger partial charge is 0.396 e. The van der Waals surface area contributed by atoms with E-state index < -0.39 is 0 Å². The summed E-state index contributed by atoms with van der Waals surface area (Å²) < 4.78 is 1.79. The van der Waals surface area contributed by atoms with Gasteiger partial charge in [-0.3, -0.25) is 15.1 Å². The van der Waals surface area contributed by atoms with Gasteiger partial charge < -0.3 is 5.73 Å². The average molecular weight is 345 g/mol. The summed E-state index contributed by atoms with van der Waals surface area (Å²) in [5, 5.41) is 6.26. The molecule has 0 spiro atoms. The molecule has 0 bridgehead atoms. The number of aryl methyl sites for hydroxylation is 1. The second-order valence-corrected chi connectivity index (χ2v) is 6.10. The first-order valence-corrected chi connectivity index (χ1v) is 8.25. The number of nitrogens with one attached hydrogen (secondary N) is 1. The first-order valence-electron chi connectivity index (χ1n) is 8.25. The van der Waals surface area contributed by atoms with Crippen molar-refractivity contribution in [3.63, 3.8) is 0 Å². The number of nitrogens with zero attached hydrogens (tertiary/aromatic N) is 5. The molecule has 7 heteroatoms. The van der Waals surface area contributed by atoms with Crippen LogP contribution >= 0.6 is 0 Å². The van der Waals surface area contributed by atoms with Gasteiger partial charge in [0.1, 0.15) is 0 Å². The van der Waals surface area contributed by atoms with Crippen molar-refractivity contribution in [2.75, 3.05) is 5.73 Å². The SMILES string of the molecule is Cn1cc(C2=CC=CN(Cc3cccc(-c4ncc(N)cn4)c3)N2)cn1. The second kappa shape index (κ2) is 6.72. The fourth-order valence-corrected chi connectivity index (χ4v) is 2.78. The van der Waals surface area contributed by atoms with Gasteiger partial charge in [0.2, 0.25) is 0 Å². The van der Waals surface area contributed by atoms with E-state index in [4.69, 9.17) is 5.73 Å². The standard InChI is InChI=1S/C19H19N7/c1-25-13-16(9-23-25)18-6-3-7-26(24-18)12-14-4-2-5-15(8-14)19-21-10-17(20)11-22-19/h2-11,13,24H,12,20H2,1H3. The molecule has 3 N–H and O–H groups in total. The van der Waals surface area contributed by atoms with E-state index >= 15 is 0 Å². The summed E-state index contributed by atoms with van der Waals surface area (Å²) in [4.78, 5) is 8.59. The van der Waals surface area contributed by atoms with Gasteiger partial charge in [0.15, 0.2) is 5.82 Å². The molecule has 1 aliphatic rings. The van der Waals surface area contributed by atoms with Crippen LogP contribution in [0, 0.1) is 0 Å². The molecule has 0 unspecified atom stereocenters. The molecule has 0 amide bonds. The predicted octanol–water partition coefficient (Wildman–Crippen LogP) is 2.33. The van der Waals surface area contributed by atoms with Crippen molar-refractivity contribution in [2.24, 2.45) is 7.05 Å². The highest BCUT2D eigenvalue weighted by molar-refractivity contribution is 5.65. The topological polar surface area (TPSA) is 84.9 Å². The summed E-state index contributed by atoms with van der Waals surface area (Å²) in [6.07, 6.45) is 13.1. The molecule has 0 aliphatic carbocycles. The number of anilines is 1. The number of hydrogen-bond donors (Lipinski definition) is 2. The summed E-state index contributed by atoms with van der Waals surface area (Å²) in [7, 11) is 1.91. The lowest BCUT2D eigenvalue weighted by molar-refractivity contribution is 0.313. The summed E-state index contributed by atoms with van der Waals surface area (Å²) in [5.74, 6) is 0.666. The third kappa shape index (κ3) is 3.41. The highest BCUT2D eigenvalue weighted by Gasteiger charge is 2.11. The quantitative estimate of drug-likeness (QED) is 0.755. The Hall–Kier alpha value is -3.61. The Morgan fingerprint density at radius 2 is 1.96 bits per heavy atom. The third-order valence-corrected chi connectivity index (χ3v) is 4.02. The van der Waals surface area contributed by atoms with Gasteiger partial charge in [-0.15, -0.1) is 0 Å². The minimum atomic E-state index is 0.558. The monoisotopic (exact) mass is 345 g/mol. The van der Waals surface area contributed by atoms with Crippen molar-refractivity contribution in [2.45, 2.75) is 6.54 Å². The Morgan fingerprint density at radius 3 is 2.73 bits per heavy atom. The van der Waals surface area contributed by atoms with Crippen LogP contribution in [0.1, 0.15) is 11.1 Å². The molecule has 130 valence electrons. The number of nitrogen functional groups attached to an aromatic ring is 1. The molecule has 26 heavy (non-hydrogen) atoms. The van der Waals surface area contributed by atoms with Crippen molar-refractivity contribution in [3.05, 3.63) is 78.5 Å². The normalized spacial score (nSPS) is 13.4. The van der Waals surface area contributed by atoms with Gasteiger partial charge >= 0.3 is 0 Å². The lowest BCUT2D eigenvalue weighted by Gasteiger charge is -2.26. The lowest BCUT2D eigenvalue weighted by atomic mass is 10.1. The van der Waals surface area contributed by atoms with Crippen molar-refractivity contribution in [1.29, 1.82) is 0 Å². The smallest absolute Gasteiger partial charge is 0.159 e. The molecule has 0 saturated heterocycles. The molecule has 0 fully saturated rings. The molecule has 0 radical (unpaired) electrons. The molecule has 4 rings (SSSR count). The van der Waals surface area contributed by atoms with Crippen molar-refractivity contribution in [1.82, 2.24) is 30.2 Å². The van der Waals surface area contributed by atoms with Gasteiger partial charge in [-0.05, 0) is 23.8 Å². The van der Waals surface area contributed by atoms with E-state index in [1.807, 2.05) is 54.9 Å². The highest BCUT2D eigenvalue weighted by Crippen LogP contribution is 2.19. The Bertz CT molecular complexity index is 970. The van der Waals surface area contributed by atoms with Crippen LogP contribution in [0.15, 0.2) is 67.4 Å². The zero-order valence-corrected chi connectivity index (χ0v) is 14.4. The maximum atomic E-state index is 5.66. The first kappa shape index (κ1) is 15.9. The maximum absolute atomic E-state index is 5.66.